The fourth-order valence-corrected chi connectivity index (χ4v) is 2.27. The van der Waals surface area contributed by atoms with Crippen LogP contribution in [0.1, 0.15) is 16.3 Å². The number of aromatic carboxylic acids is 1. The number of carboxylic acid groups (broad SMARTS) is 1. The molecule has 6 nitrogen and oxygen atoms in total. The van der Waals surface area contributed by atoms with Gasteiger partial charge >= 0.3 is 5.97 Å². The van der Waals surface area contributed by atoms with Crippen molar-refractivity contribution in [3.05, 3.63) is 23.7 Å². The fraction of sp³-hybridized carbons (Fsp3) is 0.615. The molecule has 1 aliphatic heterocycles. The highest BCUT2D eigenvalue weighted by molar-refractivity contribution is 5.84. The second-order valence-electron chi connectivity index (χ2n) is 5.10. The molecule has 0 amide bonds. The predicted octanol–water partition coefficient (Wildman–Crippen LogP) is 0.313. The Morgan fingerprint density at radius 2 is 2.26 bits per heavy atom. The van der Waals surface area contributed by atoms with Crippen LogP contribution in [0.25, 0.3) is 0 Å². The zero-order chi connectivity index (χ0) is 13.8. The van der Waals surface area contributed by atoms with Crippen LogP contribution < -0.4 is 5.32 Å². The first kappa shape index (κ1) is 14.0. The van der Waals surface area contributed by atoms with Crippen molar-refractivity contribution in [1.82, 2.24) is 15.1 Å². The van der Waals surface area contributed by atoms with E-state index in [1.54, 1.807) is 6.07 Å². The van der Waals surface area contributed by atoms with Gasteiger partial charge in [0.05, 0.1) is 6.54 Å². The predicted molar refractivity (Wildman–Crippen MR) is 71.3 cm³/mol. The number of rotatable bonds is 5. The average molecular weight is 267 g/mol. The minimum Gasteiger partial charge on any atom is -0.475 e. The monoisotopic (exact) mass is 267 g/mol. The molecule has 1 aromatic rings. The topological polar surface area (TPSA) is 69.0 Å². The minimum atomic E-state index is -1.03. The van der Waals surface area contributed by atoms with E-state index in [-0.39, 0.29) is 5.76 Å². The second-order valence-corrected chi connectivity index (χ2v) is 5.10. The van der Waals surface area contributed by atoms with E-state index in [0.29, 0.717) is 18.3 Å². The highest BCUT2D eigenvalue weighted by Crippen LogP contribution is 2.08. The van der Waals surface area contributed by atoms with Crippen molar-refractivity contribution in [1.29, 1.82) is 0 Å². The van der Waals surface area contributed by atoms with E-state index in [4.69, 9.17) is 9.52 Å². The lowest BCUT2D eigenvalue weighted by molar-refractivity contribution is 0.0660. The molecule has 106 valence electrons. The minimum absolute atomic E-state index is 0.00804. The number of nitrogens with zero attached hydrogens (tertiary/aromatic N) is 2. The van der Waals surface area contributed by atoms with Crippen molar-refractivity contribution in [3.63, 3.8) is 0 Å². The molecular weight excluding hydrogens is 246 g/mol. The first-order valence-electron chi connectivity index (χ1n) is 6.48. The van der Waals surface area contributed by atoms with Crippen molar-refractivity contribution >= 4 is 5.97 Å². The van der Waals surface area contributed by atoms with Crippen molar-refractivity contribution < 1.29 is 14.3 Å². The number of hydrogen-bond acceptors (Lipinski definition) is 5. The highest BCUT2D eigenvalue weighted by Gasteiger charge is 2.21. The number of piperazine rings is 1. The molecule has 1 aliphatic rings. The van der Waals surface area contributed by atoms with Crippen LogP contribution in [0.3, 0.4) is 0 Å². The maximum absolute atomic E-state index is 10.7. The largest absolute Gasteiger partial charge is 0.475 e. The van der Waals surface area contributed by atoms with Gasteiger partial charge in [0.1, 0.15) is 5.76 Å². The molecule has 2 heterocycles. The number of likely N-dealkylation sites (N-methyl/N-ethyl adjacent to an activating group) is 2. The molecule has 1 atom stereocenters. The molecule has 2 rings (SSSR count). The van der Waals surface area contributed by atoms with E-state index < -0.39 is 5.97 Å². The lowest BCUT2D eigenvalue weighted by Crippen LogP contribution is -2.53. The third-order valence-corrected chi connectivity index (χ3v) is 3.53. The van der Waals surface area contributed by atoms with Crippen molar-refractivity contribution in [2.75, 3.05) is 40.3 Å². The van der Waals surface area contributed by atoms with E-state index in [0.717, 1.165) is 26.2 Å². The van der Waals surface area contributed by atoms with Crippen LogP contribution in [0, 0.1) is 0 Å². The third kappa shape index (κ3) is 3.79. The van der Waals surface area contributed by atoms with Gasteiger partial charge in [0.2, 0.25) is 5.76 Å². The fourth-order valence-electron chi connectivity index (χ4n) is 2.27. The molecule has 2 N–H and O–H groups in total. The highest BCUT2D eigenvalue weighted by atomic mass is 16.4. The standard InChI is InChI=1S/C13H21N3O3/c1-15-5-6-16(2)10(9-15)7-14-8-11-3-4-12(19-11)13(17)18/h3-4,10,14H,5-9H2,1-2H3,(H,17,18). The Morgan fingerprint density at radius 1 is 1.47 bits per heavy atom. The SMILES string of the molecule is CN1CCN(C)C(CNCc2ccc(C(=O)O)o2)C1. The van der Waals surface area contributed by atoms with Gasteiger partial charge in [0, 0.05) is 32.2 Å². The number of furan rings is 1. The Hall–Kier alpha value is -1.37. The molecule has 1 aromatic heterocycles. The van der Waals surface area contributed by atoms with Gasteiger partial charge in [-0.1, -0.05) is 0 Å². The summed E-state index contributed by atoms with van der Waals surface area (Å²) in [5.41, 5.74) is 0. The number of nitrogens with one attached hydrogen (secondary N) is 1. The van der Waals surface area contributed by atoms with E-state index in [9.17, 15) is 4.79 Å². The zero-order valence-corrected chi connectivity index (χ0v) is 11.4. The van der Waals surface area contributed by atoms with Gasteiger partial charge in [-0.25, -0.2) is 4.79 Å². The van der Waals surface area contributed by atoms with Crippen LogP contribution in [0.2, 0.25) is 0 Å². The quantitative estimate of drug-likeness (QED) is 0.800. The molecule has 0 saturated carbocycles. The van der Waals surface area contributed by atoms with Crippen LogP contribution in [0.5, 0.6) is 0 Å². The van der Waals surface area contributed by atoms with Crippen molar-refractivity contribution in [2.45, 2.75) is 12.6 Å². The Balaban J connectivity index is 1.77. The third-order valence-electron chi connectivity index (χ3n) is 3.53. The van der Waals surface area contributed by atoms with Gasteiger partial charge in [-0.3, -0.25) is 4.90 Å². The lowest BCUT2D eigenvalue weighted by Gasteiger charge is -2.37. The summed E-state index contributed by atoms with van der Waals surface area (Å²) in [6.07, 6.45) is 0. The van der Waals surface area contributed by atoms with Crippen LogP contribution in [-0.2, 0) is 6.54 Å². The molecule has 0 radical (unpaired) electrons. The number of carbonyl (C=O) groups is 1. The lowest BCUT2D eigenvalue weighted by atomic mass is 10.2. The molecule has 1 unspecified atom stereocenters. The second kappa shape index (κ2) is 6.18. The summed E-state index contributed by atoms with van der Waals surface area (Å²) in [5, 5.41) is 12.1. The van der Waals surface area contributed by atoms with Gasteiger partial charge in [-0.05, 0) is 26.2 Å². The molecule has 0 aliphatic carbocycles. The average Bonchev–Trinajstić information content (AvgIpc) is 2.82. The van der Waals surface area contributed by atoms with Gasteiger partial charge < -0.3 is 19.7 Å². The summed E-state index contributed by atoms with van der Waals surface area (Å²) in [6.45, 7) is 4.65. The summed E-state index contributed by atoms with van der Waals surface area (Å²) in [4.78, 5) is 15.4. The maximum Gasteiger partial charge on any atom is 0.371 e. The summed E-state index contributed by atoms with van der Waals surface area (Å²) >= 11 is 0. The van der Waals surface area contributed by atoms with Gasteiger partial charge in [-0.15, -0.1) is 0 Å². The van der Waals surface area contributed by atoms with Crippen molar-refractivity contribution in [2.24, 2.45) is 0 Å². The molecule has 1 saturated heterocycles. The normalized spacial score (nSPS) is 21.7. The molecule has 0 spiro atoms. The number of carboxylic acids is 1. The molecule has 19 heavy (non-hydrogen) atoms. The van der Waals surface area contributed by atoms with E-state index in [1.807, 2.05) is 0 Å². The molecule has 1 fully saturated rings. The van der Waals surface area contributed by atoms with E-state index in [2.05, 4.69) is 29.2 Å². The molecular formula is C13H21N3O3. The zero-order valence-electron chi connectivity index (χ0n) is 11.4. The van der Waals surface area contributed by atoms with Gasteiger partial charge in [0.15, 0.2) is 0 Å². The van der Waals surface area contributed by atoms with E-state index in [1.165, 1.54) is 6.07 Å². The van der Waals surface area contributed by atoms with Gasteiger partial charge in [-0.2, -0.15) is 0 Å². The Bertz CT molecular complexity index is 433. The first-order chi connectivity index (χ1) is 9.06. The summed E-state index contributed by atoms with van der Waals surface area (Å²) in [7, 11) is 4.26. The van der Waals surface area contributed by atoms with Crippen LogP contribution in [-0.4, -0.2) is 67.2 Å². The maximum atomic E-state index is 10.7. The number of hydrogen-bond donors (Lipinski definition) is 2. The Morgan fingerprint density at radius 3 is 2.95 bits per heavy atom. The van der Waals surface area contributed by atoms with Gasteiger partial charge in [0.25, 0.3) is 0 Å². The van der Waals surface area contributed by atoms with Crippen LogP contribution >= 0.6 is 0 Å². The Labute approximate surface area is 113 Å². The van der Waals surface area contributed by atoms with E-state index >= 15 is 0 Å². The van der Waals surface area contributed by atoms with Crippen LogP contribution in [0.4, 0.5) is 0 Å². The van der Waals surface area contributed by atoms with Crippen molar-refractivity contribution in [3.8, 4) is 0 Å². The Kier molecular flexibility index (Phi) is 4.57. The summed E-state index contributed by atoms with van der Waals surface area (Å²) in [6, 6.07) is 3.67. The molecule has 0 bridgehead atoms. The van der Waals surface area contributed by atoms with Crippen LogP contribution in [0.15, 0.2) is 16.5 Å². The smallest absolute Gasteiger partial charge is 0.371 e. The first-order valence-corrected chi connectivity index (χ1v) is 6.48. The molecule has 6 heteroatoms. The summed E-state index contributed by atoms with van der Waals surface area (Å²) in [5.74, 6) is -0.379. The molecule has 0 aromatic carbocycles. The summed E-state index contributed by atoms with van der Waals surface area (Å²) < 4.78 is 5.20.